The number of hydrogen-bond donors (Lipinski definition) is 6. The van der Waals surface area contributed by atoms with Crippen LogP contribution >= 0.6 is 0 Å². The van der Waals surface area contributed by atoms with Gasteiger partial charge in [-0.15, -0.1) is 0 Å². The zero-order chi connectivity index (χ0) is 24.5. The number of carboxylic acids is 2. The van der Waals surface area contributed by atoms with E-state index in [1.807, 2.05) is 5.43 Å². The Morgan fingerprint density at radius 3 is 2.45 bits per heavy atom. The quantitative estimate of drug-likeness (QED) is 0.197. The van der Waals surface area contributed by atoms with Crippen LogP contribution in [0.25, 0.3) is 10.9 Å². The van der Waals surface area contributed by atoms with Crippen molar-refractivity contribution in [1.29, 1.82) is 0 Å². The number of amides is 4. The van der Waals surface area contributed by atoms with Crippen LogP contribution in [0.3, 0.4) is 0 Å². The average molecular weight is 460 g/mol. The average Bonchev–Trinajstić information content (AvgIpc) is 3.10. The molecule has 13 nitrogen and oxygen atoms in total. The number of primary amides is 1. The van der Waals surface area contributed by atoms with Gasteiger partial charge >= 0.3 is 18.0 Å². The van der Waals surface area contributed by atoms with Gasteiger partial charge in [-0.25, -0.2) is 10.2 Å². The van der Waals surface area contributed by atoms with Gasteiger partial charge in [-0.05, 0) is 19.1 Å². The SMILES string of the molecule is C[C@H](NC(=O)c1cc2ccccc2n1CCC(=O)O)C(=O)N[C@H](C=NNC(N)=O)CC(=O)O. The number of hydrazone groups is 1. The fourth-order valence-electron chi connectivity index (χ4n) is 3.01. The highest BCUT2D eigenvalue weighted by molar-refractivity contribution is 6.01. The number of nitrogens with two attached hydrogens (primary N) is 1. The van der Waals surface area contributed by atoms with E-state index in [9.17, 15) is 24.0 Å². The number of urea groups is 1. The number of carbonyl (C=O) groups excluding carboxylic acids is 3. The van der Waals surface area contributed by atoms with Crippen molar-refractivity contribution in [2.45, 2.75) is 38.4 Å². The molecular weight excluding hydrogens is 436 g/mol. The Balaban J connectivity index is 2.14. The summed E-state index contributed by atoms with van der Waals surface area (Å²) in [5.41, 5.74) is 7.60. The Bertz CT molecular complexity index is 1090. The van der Waals surface area contributed by atoms with Crippen LogP contribution < -0.4 is 21.8 Å². The molecule has 2 aromatic rings. The fourth-order valence-corrected chi connectivity index (χ4v) is 3.01. The molecular formula is C20H24N6O7. The number of aryl methyl sites for hydroxylation is 1. The van der Waals surface area contributed by atoms with Gasteiger partial charge in [0.25, 0.3) is 5.91 Å². The van der Waals surface area contributed by atoms with Crippen LogP contribution in [0.5, 0.6) is 0 Å². The lowest BCUT2D eigenvalue weighted by Crippen LogP contribution is -2.49. The highest BCUT2D eigenvalue weighted by Crippen LogP contribution is 2.20. The minimum atomic E-state index is -1.23. The molecule has 0 aliphatic heterocycles. The van der Waals surface area contributed by atoms with Gasteiger partial charge in [0.15, 0.2) is 0 Å². The molecule has 1 aromatic carbocycles. The van der Waals surface area contributed by atoms with Gasteiger partial charge in [0.1, 0.15) is 11.7 Å². The molecule has 0 radical (unpaired) electrons. The second-order valence-electron chi connectivity index (χ2n) is 7.05. The van der Waals surface area contributed by atoms with Crippen molar-refractivity contribution in [3.63, 3.8) is 0 Å². The molecule has 0 aliphatic carbocycles. The van der Waals surface area contributed by atoms with Crippen LogP contribution in [-0.4, -0.2) is 62.9 Å². The van der Waals surface area contributed by atoms with Crippen LogP contribution in [0.2, 0.25) is 0 Å². The molecule has 0 unspecified atom stereocenters. The molecule has 7 N–H and O–H groups in total. The van der Waals surface area contributed by atoms with E-state index in [0.29, 0.717) is 5.52 Å². The highest BCUT2D eigenvalue weighted by Gasteiger charge is 2.23. The smallest absolute Gasteiger partial charge is 0.332 e. The second-order valence-corrected chi connectivity index (χ2v) is 7.05. The number of carboxylic acid groups (broad SMARTS) is 2. The molecule has 176 valence electrons. The van der Waals surface area contributed by atoms with Gasteiger partial charge in [0.2, 0.25) is 5.91 Å². The van der Waals surface area contributed by atoms with Crippen molar-refractivity contribution in [2.24, 2.45) is 10.8 Å². The maximum Gasteiger partial charge on any atom is 0.332 e. The van der Waals surface area contributed by atoms with Crippen LogP contribution in [0.4, 0.5) is 4.79 Å². The first-order valence-corrected chi connectivity index (χ1v) is 9.80. The zero-order valence-electron chi connectivity index (χ0n) is 17.6. The number of nitrogens with one attached hydrogen (secondary N) is 3. The number of aliphatic carboxylic acids is 2. The standard InChI is InChI=1S/C20H24N6O7/c1-11(18(31)24-13(9-17(29)30)10-22-25-20(21)33)23-19(32)15-8-12-4-2-3-5-14(12)26(15)7-6-16(27)28/h2-5,8,10-11,13H,6-7,9H2,1H3,(H,23,32)(H,24,31)(H,27,28)(H,29,30)(H3,21,25,33)/t11-,13-/m0/s1. The van der Waals surface area contributed by atoms with E-state index in [1.165, 1.54) is 6.92 Å². The van der Waals surface area contributed by atoms with Gasteiger partial charge in [0, 0.05) is 23.7 Å². The summed E-state index contributed by atoms with van der Waals surface area (Å²) in [6.45, 7) is 1.45. The molecule has 0 spiro atoms. The Morgan fingerprint density at radius 1 is 1.12 bits per heavy atom. The Labute approximate surface area is 187 Å². The number of carbonyl (C=O) groups is 5. The Kier molecular flexibility index (Phi) is 8.49. The van der Waals surface area contributed by atoms with Gasteiger partial charge in [-0.2, -0.15) is 5.10 Å². The molecule has 0 saturated carbocycles. The summed E-state index contributed by atoms with van der Waals surface area (Å²) < 4.78 is 1.55. The van der Waals surface area contributed by atoms with Crippen molar-refractivity contribution in [2.75, 3.05) is 0 Å². The minimum Gasteiger partial charge on any atom is -0.481 e. The van der Waals surface area contributed by atoms with Crippen LogP contribution in [-0.2, 0) is 20.9 Å². The molecule has 13 heteroatoms. The first-order chi connectivity index (χ1) is 15.6. The normalized spacial score (nSPS) is 12.8. The van der Waals surface area contributed by atoms with E-state index in [1.54, 1.807) is 34.9 Å². The van der Waals surface area contributed by atoms with E-state index in [2.05, 4.69) is 15.7 Å². The number of benzene rings is 1. The first-order valence-electron chi connectivity index (χ1n) is 9.80. The number of aromatic nitrogens is 1. The summed E-state index contributed by atoms with van der Waals surface area (Å²) in [6.07, 6.45) is 0.263. The molecule has 1 aromatic heterocycles. The van der Waals surface area contributed by atoms with Crippen LogP contribution in [0, 0.1) is 0 Å². The highest BCUT2D eigenvalue weighted by atomic mass is 16.4. The molecule has 0 bridgehead atoms. The van der Waals surface area contributed by atoms with Crippen molar-refractivity contribution in [1.82, 2.24) is 20.6 Å². The minimum absolute atomic E-state index is 0.0518. The van der Waals surface area contributed by atoms with E-state index in [-0.39, 0.29) is 18.7 Å². The molecule has 2 atom stereocenters. The predicted octanol–water partition coefficient (Wildman–Crippen LogP) is -0.152. The molecule has 0 aliphatic rings. The predicted molar refractivity (Wildman–Crippen MR) is 117 cm³/mol. The molecule has 33 heavy (non-hydrogen) atoms. The van der Waals surface area contributed by atoms with Gasteiger partial charge in [-0.3, -0.25) is 19.2 Å². The molecule has 0 saturated heterocycles. The monoisotopic (exact) mass is 460 g/mol. The zero-order valence-corrected chi connectivity index (χ0v) is 17.6. The maximum absolute atomic E-state index is 12.9. The summed E-state index contributed by atoms with van der Waals surface area (Å²) in [5, 5.41) is 27.1. The molecule has 0 fully saturated rings. The lowest BCUT2D eigenvalue weighted by Gasteiger charge is -2.18. The Hall–Kier alpha value is -4.42. The van der Waals surface area contributed by atoms with E-state index >= 15 is 0 Å². The van der Waals surface area contributed by atoms with Gasteiger partial charge < -0.3 is 31.1 Å². The third-order valence-electron chi connectivity index (χ3n) is 4.48. The number of nitrogens with zero attached hydrogens (tertiary/aromatic N) is 2. The number of hydrogen-bond acceptors (Lipinski definition) is 6. The molecule has 1 heterocycles. The fraction of sp³-hybridized carbons (Fsp3) is 0.300. The van der Waals surface area contributed by atoms with E-state index < -0.39 is 48.3 Å². The van der Waals surface area contributed by atoms with Crippen molar-refractivity contribution < 1.29 is 34.2 Å². The van der Waals surface area contributed by atoms with E-state index in [4.69, 9.17) is 15.9 Å². The lowest BCUT2D eigenvalue weighted by atomic mass is 10.2. The summed E-state index contributed by atoms with van der Waals surface area (Å²) in [4.78, 5) is 58.1. The van der Waals surface area contributed by atoms with Crippen LogP contribution in [0.1, 0.15) is 30.3 Å². The third-order valence-corrected chi connectivity index (χ3v) is 4.48. The summed E-state index contributed by atoms with van der Waals surface area (Å²) in [7, 11) is 0. The van der Waals surface area contributed by atoms with Crippen molar-refractivity contribution in [3.05, 3.63) is 36.0 Å². The third kappa shape index (κ3) is 7.34. The maximum atomic E-state index is 12.9. The molecule has 4 amide bonds. The first kappa shape index (κ1) is 24.8. The summed E-state index contributed by atoms with van der Waals surface area (Å²) >= 11 is 0. The number of fused-ring (bicyclic) bond motifs is 1. The summed E-state index contributed by atoms with van der Waals surface area (Å²) in [5.74, 6) is -3.57. The number of rotatable bonds is 11. The lowest BCUT2D eigenvalue weighted by molar-refractivity contribution is -0.138. The van der Waals surface area contributed by atoms with Gasteiger partial charge in [0.05, 0.1) is 18.9 Å². The van der Waals surface area contributed by atoms with Crippen LogP contribution in [0.15, 0.2) is 35.4 Å². The van der Waals surface area contributed by atoms with Gasteiger partial charge in [-0.1, -0.05) is 18.2 Å². The van der Waals surface area contributed by atoms with Crippen molar-refractivity contribution >= 4 is 46.9 Å². The Morgan fingerprint density at radius 2 is 1.82 bits per heavy atom. The number of para-hydroxylation sites is 1. The molecule has 2 rings (SSSR count). The topological polar surface area (TPSA) is 205 Å². The van der Waals surface area contributed by atoms with E-state index in [0.717, 1.165) is 11.6 Å². The second kappa shape index (κ2) is 11.3. The summed E-state index contributed by atoms with van der Waals surface area (Å²) in [6, 6.07) is 5.53. The largest absolute Gasteiger partial charge is 0.481 e. The van der Waals surface area contributed by atoms with Crippen molar-refractivity contribution in [3.8, 4) is 0 Å².